The Bertz CT molecular complexity index is 768. The fraction of sp³-hybridized carbons (Fsp3) is 0.793. The van der Waals surface area contributed by atoms with Gasteiger partial charge in [-0.3, -0.25) is 0 Å². The number of fused-ring (bicyclic) bond motifs is 5. The number of nitrogens with one attached hydrogen (secondary N) is 1. The first-order valence-electron chi connectivity index (χ1n) is 13.4. The van der Waals surface area contributed by atoms with Gasteiger partial charge in [0.05, 0.1) is 12.2 Å². The molecule has 4 fully saturated rings. The largest absolute Gasteiger partial charge is 0.387 e. The van der Waals surface area contributed by atoms with E-state index < -0.39 is 5.60 Å². The predicted octanol–water partition coefficient (Wildman–Crippen LogP) is 5.81. The summed E-state index contributed by atoms with van der Waals surface area (Å²) in [6.45, 7) is 6.60. The van der Waals surface area contributed by atoms with Crippen LogP contribution in [0.4, 0.5) is 0 Å². The first-order chi connectivity index (χ1) is 15.4. The van der Waals surface area contributed by atoms with Gasteiger partial charge in [-0.15, -0.1) is 0 Å². The minimum atomic E-state index is -0.565. The van der Waals surface area contributed by atoms with E-state index in [1.807, 2.05) is 0 Å². The van der Waals surface area contributed by atoms with Crippen molar-refractivity contribution < 1.29 is 9.84 Å². The SMILES string of the molecule is COC[C@@]1(O)CC[C@H]2[C@H](CC[C@@H]3[C@@H]2CC[C@]2(C)[C@@H]([C@@H](C)NCc4ccccc4)CC[C@@H]32)C1. The summed E-state index contributed by atoms with van der Waals surface area (Å²) in [7, 11) is 1.73. The van der Waals surface area contributed by atoms with Gasteiger partial charge in [0.25, 0.3) is 0 Å². The second kappa shape index (κ2) is 9.04. The fourth-order valence-corrected chi connectivity index (χ4v) is 9.24. The number of hydrogen-bond acceptors (Lipinski definition) is 3. The van der Waals surface area contributed by atoms with Crippen LogP contribution in [-0.4, -0.2) is 30.5 Å². The quantitative estimate of drug-likeness (QED) is 0.588. The van der Waals surface area contributed by atoms with Gasteiger partial charge in [-0.05, 0) is 111 Å². The Kier molecular flexibility index (Phi) is 6.46. The standard InChI is InChI=1S/C29H45NO2/c1-20(30-18-21-7-5-4-6-8-21)26-11-12-27-25-10-9-22-17-29(31,19-32-3)16-14-23(22)24(25)13-15-28(26,27)2/h4-8,20,22-27,30-31H,9-19H2,1-3H3/t20-,22-,23+,24-,25-,26-,27+,28-,29-/m1/s1. The molecule has 3 nitrogen and oxygen atoms in total. The van der Waals surface area contributed by atoms with Crippen molar-refractivity contribution in [1.82, 2.24) is 5.32 Å². The second-order valence-corrected chi connectivity index (χ2v) is 12.2. The number of rotatable bonds is 6. The monoisotopic (exact) mass is 439 g/mol. The van der Waals surface area contributed by atoms with Crippen molar-refractivity contribution in [3.63, 3.8) is 0 Å². The van der Waals surface area contributed by atoms with Crippen molar-refractivity contribution in [2.45, 2.75) is 89.8 Å². The van der Waals surface area contributed by atoms with E-state index in [1.54, 1.807) is 7.11 Å². The summed E-state index contributed by atoms with van der Waals surface area (Å²) in [5, 5.41) is 14.9. The lowest BCUT2D eigenvalue weighted by Crippen LogP contribution is -2.53. The molecule has 2 N–H and O–H groups in total. The van der Waals surface area contributed by atoms with Gasteiger partial charge in [0, 0.05) is 19.7 Å². The van der Waals surface area contributed by atoms with Crippen LogP contribution in [0.1, 0.15) is 77.2 Å². The lowest BCUT2D eigenvalue weighted by molar-refractivity contribution is -0.125. The van der Waals surface area contributed by atoms with E-state index in [-0.39, 0.29) is 0 Å². The highest BCUT2D eigenvalue weighted by Gasteiger charge is 2.58. The lowest BCUT2D eigenvalue weighted by Gasteiger charge is -2.57. The molecule has 0 saturated heterocycles. The molecule has 0 heterocycles. The first kappa shape index (κ1) is 22.9. The Balaban J connectivity index is 1.24. The number of benzene rings is 1. The Morgan fingerprint density at radius 2 is 1.78 bits per heavy atom. The molecule has 0 spiro atoms. The van der Waals surface area contributed by atoms with Crippen LogP contribution in [0.15, 0.2) is 30.3 Å². The van der Waals surface area contributed by atoms with Gasteiger partial charge < -0.3 is 15.2 Å². The van der Waals surface area contributed by atoms with E-state index in [0.29, 0.717) is 18.1 Å². The summed E-state index contributed by atoms with van der Waals surface area (Å²) < 4.78 is 5.37. The number of methoxy groups -OCH3 is 1. The molecule has 9 atom stereocenters. The molecule has 0 unspecified atom stereocenters. The molecule has 1 aromatic rings. The zero-order chi connectivity index (χ0) is 22.3. The van der Waals surface area contributed by atoms with Crippen molar-refractivity contribution in [3.05, 3.63) is 35.9 Å². The summed E-state index contributed by atoms with van der Waals surface area (Å²) >= 11 is 0. The number of hydrogen-bond donors (Lipinski definition) is 2. The zero-order valence-electron chi connectivity index (χ0n) is 20.6. The zero-order valence-corrected chi connectivity index (χ0v) is 20.6. The summed E-state index contributed by atoms with van der Waals surface area (Å²) in [6, 6.07) is 11.5. The Morgan fingerprint density at radius 3 is 2.56 bits per heavy atom. The molecule has 0 aliphatic heterocycles. The molecule has 4 aliphatic rings. The first-order valence-corrected chi connectivity index (χ1v) is 13.4. The van der Waals surface area contributed by atoms with Crippen LogP contribution < -0.4 is 5.32 Å². The van der Waals surface area contributed by atoms with E-state index in [9.17, 15) is 5.11 Å². The highest BCUT2D eigenvalue weighted by atomic mass is 16.5. The molecule has 178 valence electrons. The smallest absolute Gasteiger partial charge is 0.0882 e. The molecule has 4 saturated carbocycles. The van der Waals surface area contributed by atoms with E-state index in [0.717, 1.165) is 54.9 Å². The molecule has 32 heavy (non-hydrogen) atoms. The van der Waals surface area contributed by atoms with Crippen molar-refractivity contribution in [3.8, 4) is 0 Å². The molecular formula is C29H45NO2. The molecular weight excluding hydrogens is 394 g/mol. The average Bonchev–Trinajstić information content (AvgIpc) is 3.15. The van der Waals surface area contributed by atoms with Gasteiger partial charge >= 0.3 is 0 Å². The van der Waals surface area contributed by atoms with Crippen molar-refractivity contribution >= 4 is 0 Å². The number of ether oxygens (including phenoxy) is 1. The molecule has 4 aliphatic carbocycles. The maximum atomic E-state index is 11.0. The maximum Gasteiger partial charge on any atom is 0.0882 e. The van der Waals surface area contributed by atoms with Gasteiger partial charge in [0.1, 0.15) is 0 Å². The van der Waals surface area contributed by atoms with Crippen LogP contribution >= 0.6 is 0 Å². The third-order valence-electron chi connectivity index (χ3n) is 10.7. The van der Waals surface area contributed by atoms with Crippen LogP contribution in [0, 0.1) is 40.9 Å². The highest BCUT2D eigenvalue weighted by Crippen LogP contribution is 2.65. The molecule has 1 aromatic carbocycles. The fourth-order valence-electron chi connectivity index (χ4n) is 9.24. The summed E-state index contributed by atoms with van der Waals surface area (Å²) in [5.41, 5.74) is 1.33. The summed E-state index contributed by atoms with van der Waals surface area (Å²) in [4.78, 5) is 0. The van der Waals surface area contributed by atoms with E-state index >= 15 is 0 Å². The Hall–Kier alpha value is -0.900. The topological polar surface area (TPSA) is 41.5 Å². The van der Waals surface area contributed by atoms with Crippen LogP contribution in [0.5, 0.6) is 0 Å². The van der Waals surface area contributed by atoms with Gasteiger partial charge in [-0.1, -0.05) is 37.3 Å². The molecule has 0 bridgehead atoms. The lowest BCUT2D eigenvalue weighted by atomic mass is 9.48. The van der Waals surface area contributed by atoms with Gasteiger partial charge in [0.2, 0.25) is 0 Å². The third kappa shape index (κ3) is 4.07. The molecule has 0 amide bonds. The van der Waals surface area contributed by atoms with E-state index in [2.05, 4.69) is 49.5 Å². The highest BCUT2D eigenvalue weighted by molar-refractivity contribution is 5.15. The van der Waals surface area contributed by atoms with Crippen LogP contribution in [0.3, 0.4) is 0 Å². The molecule has 0 radical (unpaired) electrons. The van der Waals surface area contributed by atoms with Gasteiger partial charge in [-0.25, -0.2) is 0 Å². The van der Waals surface area contributed by atoms with Crippen LogP contribution in [-0.2, 0) is 11.3 Å². The third-order valence-corrected chi connectivity index (χ3v) is 10.7. The number of aliphatic hydroxyl groups is 1. The maximum absolute atomic E-state index is 11.0. The average molecular weight is 440 g/mol. The van der Waals surface area contributed by atoms with Crippen molar-refractivity contribution in [2.75, 3.05) is 13.7 Å². The minimum Gasteiger partial charge on any atom is -0.387 e. The molecule has 3 heteroatoms. The second-order valence-electron chi connectivity index (χ2n) is 12.2. The van der Waals surface area contributed by atoms with Crippen molar-refractivity contribution in [1.29, 1.82) is 0 Å². The molecule has 0 aromatic heterocycles. The van der Waals surface area contributed by atoms with Crippen molar-refractivity contribution in [2.24, 2.45) is 40.9 Å². The van der Waals surface area contributed by atoms with Crippen LogP contribution in [0.2, 0.25) is 0 Å². The van der Waals surface area contributed by atoms with E-state index in [1.165, 1.54) is 50.5 Å². The normalized spacial score (nSPS) is 44.4. The van der Waals surface area contributed by atoms with E-state index in [4.69, 9.17) is 4.74 Å². The van der Waals surface area contributed by atoms with Gasteiger partial charge in [-0.2, -0.15) is 0 Å². The predicted molar refractivity (Wildman–Crippen MR) is 130 cm³/mol. The molecule has 5 rings (SSSR count). The summed E-state index contributed by atoms with van der Waals surface area (Å²) in [5.74, 6) is 5.11. The minimum absolute atomic E-state index is 0.503. The Labute approximate surface area is 195 Å². The van der Waals surface area contributed by atoms with Gasteiger partial charge in [0.15, 0.2) is 0 Å². The summed E-state index contributed by atoms with van der Waals surface area (Å²) in [6.07, 6.45) is 11.5. The Morgan fingerprint density at radius 1 is 1.00 bits per heavy atom. The van der Waals surface area contributed by atoms with Crippen LogP contribution in [0.25, 0.3) is 0 Å².